The minimum Gasteiger partial charge on any atom is -0.481 e. The standard InChI is InChI=1S/C21H19NO4/c23-20(17-15-11-12-16(26-15)18(17)21(24)25)22-19(13-7-3-1-4-8-13)14-9-5-2-6-10-14/h1-12,15-19H,(H,22,23)(H,24,25). The Morgan fingerprint density at radius 3 is 1.85 bits per heavy atom. The molecule has 5 nitrogen and oxygen atoms in total. The maximum absolute atomic E-state index is 13.0. The van der Waals surface area contributed by atoms with Crippen LogP contribution in [0.4, 0.5) is 0 Å². The third-order valence-electron chi connectivity index (χ3n) is 5.04. The van der Waals surface area contributed by atoms with Crippen LogP contribution in [0.5, 0.6) is 0 Å². The molecule has 2 aliphatic rings. The summed E-state index contributed by atoms with van der Waals surface area (Å²) in [5, 5.41) is 12.6. The van der Waals surface area contributed by atoms with Crippen molar-refractivity contribution in [2.75, 3.05) is 0 Å². The molecule has 4 unspecified atom stereocenters. The number of amides is 1. The number of carbonyl (C=O) groups excluding carboxylic acids is 1. The van der Waals surface area contributed by atoms with Gasteiger partial charge in [0, 0.05) is 0 Å². The van der Waals surface area contributed by atoms with Gasteiger partial charge < -0.3 is 15.2 Å². The highest BCUT2D eigenvalue weighted by Gasteiger charge is 2.53. The molecule has 4 rings (SSSR count). The van der Waals surface area contributed by atoms with Gasteiger partial charge in [-0.15, -0.1) is 0 Å². The smallest absolute Gasteiger partial charge is 0.310 e. The Morgan fingerprint density at radius 1 is 0.846 bits per heavy atom. The van der Waals surface area contributed by atoms with Gasteiger partial charge in [0.15, 0.2) is 0 Å². The molecule has 1 amide bonds. The summed E-state index contributed by atoms with van der Waals surface area (Å²) in [4.78, 5) is 24.7. The molecule has 0 spiro atoms. The van der Waals surface area contributed by atoms with Crippen LogP contribution in [-0.2, 0) is 14.3 Å². The minimum atomic E-state index is -1.00. The third-order valence-corrected chi connectivity index (χ3v) is 5.04. The van der Waals surface area contributed by atoms with Gasteiger partial charge in [0.25, 0.3) is 0 Å². The van der Waals surface area contributed by atoms with Gasteiger partial charge in [0.1, 0.15) is 5.92 Å². The molecule has 2 aromatic rings. The van der Waals surface area contributed by atoms with E-state index in [0.717, 1.165) is 11.1 Å². The highest BCUT2D eigenvalue weighted by Crippen LogP contribution is 2.40. The maximum atomic E-state index is 13.0. The van der Waals surface area contributed by atoms with Gasteiger partial charge in [-0.1, -0.05) is 72.8 Å². The van der Waals surface area contributed by atoms with Crippen molar-refractivity contribution in [2.45, 2.75) is 18.2 Å². The van der Waals surface area contributed by atoms with E-state index in [0.29, 0.717) is 0 Å². The molecule has 132 valence electrons. The fourth-order valence-corrected chi connectivity index (χ4v) is 3.80. The Hall–Kier alpha value is -2.92. The molecule has 2 aromatic carbocycles. The summed E-state index contributed by atoms with van der Waals surface area (Å²) in [6, 6.07) is 19.0. The minimum absolute atomic E-state index is 0.299. The summed E-state index contributed by atoms with van der Waals surface area (Å²) >= 11 is 0. The Labute approximate surface area is 151 Å². The van der Waals surface area contributed by atoms with Gasteiger partial charge in [0.05, 0.1) is 24.2 Å². The summed E-state index contributed by atoms with van der Waals surface area (Å²) in [7, 11) is 0. The van der Waals surface area contributed by atoms with Crippen molar-refractivity contribution < 1.29 is 19.4 Å². The largest absolute Gasteiger partial charge is 0.481 e. The first-order chi connectivity index (χ1) is 12.6. The molecular formula is C21H19NO4. The average molecular weight is 349 g/mol. The fourth-order valence-electron chi connectivity index (χ4n) is 3.80. The van der Waals surface area contributed by atoms with Crippen LogP contribution in [0.2, 0.25) is 0 Å². The van der Waals surface area contributed by atoms with Crippen LogP contribution in [0.15, 0.2) is 72.8 Å². The number of carboxylic acid groups (broad SMARTS) is 1. The first kappa shape index (κ1) is 16.5. The van der Waals surface area contributed by atoms with Crippen molar-refractivity contribution in [1.29, 1.82) is 0 Å². The lowest BCUT2D eigenvalue weighted by Crippen LogP contribution is -2.43. The number of hydrogen-bond donors (Lipinski definition) is 2. The Morgan fingerprint density at radius 2 is 1.35 bits per heavy atom. The number of carboxylic acids is 1. The summed E-state index contributed by atoms with van der Waals surface area (Å²) < 4.78 is 5.62. The molecule has 0 radical (unpaired) electrons. The number of aliphatic carboxylic acids is 1. The number of fused-ring (bicyclic) bond motifs is 2. The normalized spacial score (nSPS) is 26.2. The van der Waals surface area contributed by atoms with E-state index in [1.807, 2.05) is 60.7 Å². The number of ether oxygens (including phenoxy) is 1. The second-order valence-electron chi connectivity index (χ2n) is 6.60. The topological polar surface area (TPSA) is 75.6 Å². The second kappa shape index (κ2) is 6.77. The first-order valence-electron chi connectivity index (χ1n) is 8.62. The van der Waals surface area contributed by atoms with E-state index in [9.17, 15) is 14.7 Å². The zero-order valence-electron chi connectivity index (χ0n) is 14.0. The molecule has 2 bridgehead atoms. The molecule has 4 atom stereocenters. The van der Waals surface area contributed by atoms with E-state index >= 15 is 0 Å². The number of nitrogens with one attached hydrogen (secondary N) is 1. The molecule has 2 heterocycles. The van der Waals surface area contributed by atoms with Crippen LogP contribution in [0, 0.1) is 11.8 Å². The van der Waals surface area contributed by atoms with Crippen LogP contribution in [0.25, 0.3) is 0 Å². The Bertz CT molecular complexity index is 794. The molecule has 0 aromatic heterocycles. The molecule has 1 fully saturated rings. The third kappa shape index (κ3) is 2.91. The van der Waals surface area contributed by atoms with Crippen molar-refractivity contribution in [3.8, 4) is 0 Å². The van der Waals surface area contributed by atoms with E-state index in [2.05, 4.69) is 5.32 Å². The molecule has 2 N–H and O–H groups in total. The predicted molar refractivity (Wildman–Crippen MR) is 95.3 cm³/mol. The van der Waals surface area contributed by atoms with E-state index in [4.69, 9.17) is 4.74 Å². The maximum Gasteiger partial charge on any atom is 0.310 e. The summed E-state index contributed by atoms with van der Waals surface area (Å²) in [6.07, 6.45) is 2.52. The lowest BCUT2D eigenvalue weighted by Gasteiger charge is -2.25. The van der Waals surface area contributed by atoms with Crippen molar-refractivity contribution in [3.63, 3.8) is 0 Å². The van der Waals surface area contributed by atoms with Crippen molar-refractivity contribution in [2.24, 2.45) is 11.8 Å². The summed E-state index contributed by atoms with van der Waals surface area (Å²) in [5.41, 5.74) is 1.89. The molecule has 0 aliphatic carbocycles. The summed E-state index contributed by atoms with van der Waals surface area (Å²) in [6.45, 7) is 0. The van der Waals surface area contributed by atoms with Crippen LogP contribution in [0.1, 0.15) is 17.2 Å². The summed E-state index contributed by atoms with van der Waals surface area (Å²) in [5.74, 6) is -2.88. The lowest BCUT2D eigenvalue weighted by molar-refractivity contribution is -0.146. The van der Waals surface area contributed by atoms with E-state index in [1.54, 1.807) is 12.2 Å². The zero-order chi connectivity index (χ0) is 18.1. The fraction of sp³-hybridized carbons (Fsp3) is 0.238. The number of hydrogen-bond acceptors (Lipinski definition) is 3. The number of carbonyl (C=O) groups is 2. The first-order valence-corrected chi connectivity index (χ1v) is 8.62. The molecule has 26 heavy (non-hydrogen) atoms. The van der Waals surface area contributed by atoms with Gasteiger partial charge >= 0.3 is 5.97 Å². The van der Waals surface area contributed by atoms with E-state index in [1.165, 1.54) is 0 Å². The quantitative estimate of drug-likeness (QED) is 0.814. The predicted octanol–water partition coefficient (Wildman–Crippen LogP) is 2.55. The van der Waals surface area contributed by atoms with Crippen molar-refractivity contribution in [3.05, 3.63) is 83.9 Å². The van der Waals surface area contributed by atoms with Crippen LogP contribution < -0.4 is 5.32 Å². The second-order valence-corrected chi connectivity index (χ2v) is 6.60. The molecule has 0 saturated carbocycles. The highest BCUT2D eigenvalue weighted by atomic mass is 16.5. The molecule has 2 aliphatic heterocycles. The van der Waals surface area contributed by atoms with E-state index in [-0.39, 0.29) is 11.9 Å². The lowest BCUT2D eigenvalue weighted by atomic mass is 9.82. The number of benzene rings is 2. The van der Waals surface area contributed by atoms with Gasteiger partial charge in [-0.25, -0.2) is 0 Å². The van der Waals surface area contributed by atoms with Gasteiger partial charge in [-0.2, -0.15) is 0 Å². The molecule has 5 heteroatoms. The SMILES string of the molecule is O=C(O)C1C2C=CC(O2)C1C(=O)NC(c1ccccc1)c1ccccc1. The van der Waals surface area contributed by atoms with Gasteiger partial charge in [0.2, 0.25) is 5.91 Å². The van der Waals surface area contributed by atoms with Gasteiger partial charge in [-0.3, -0.25) is 9.59 Å². The van der Waals surface area contributed by atoms with Crippen LogP contribution in [0.3, 0.4) is 0 Å². The Balaban J connectivity index is 1.63. The van der Waals surface area contributed by atoms with Crippen molar-refractivity contribution in [1.82, 2.24) is 5.32 Å². The molecular weight excluding hydrogens is 330 g/mol. The Kier molecular flexibility index (Phi) is 4.31. The number of rotatable bonds is 5. The van der Waals surface area contributed by atoms with Gasteiger partial charge in [-0.05, 0) is 11.1 Å². The zero-order valence-corrected chi connectivity index (χ0v) is 14.0. The monoisotopic (exact) mass is 349 g/mol. The highest BCUT2D eigenvalue weighted by molar-refractivity contribution is 5.87. The molecule has 1 saturated heterocycles. The average Bonchev–Trinajstić information content (AvgIpc) is 3.29. The van der Waals surface area contributed by atoms with Crippen LogP contribution >= 0.6 is 0 Å². The van der Waals surface area contributed by atoms with Crippen molar-refractivity contribution >= 4 is 11.9 Å². The van der Waals surface area contributed by atoms with E-state index < -0.39 is 30.0 Å². The van der Waals surface area contributed by atoms with Crippen LogP contribution in [-0.4, -0.2) is 29.2 Å².